The molecule has 146 valence electrons. The van der Waals surface area contributed by atoms with Gasteiger partial charge in [-0.3, -0.25) is 9.00 Å². The molecule has 0 aliphatic carbocycles. The largest absolute Gasteiger partial charge is 0.441 e. The van der Waals surface area contributed by atoms with Gasteiger partial charge < -0.3 is 9.73 Å². The number of benzene rings is 2. The average molecular weight is 417 g/mol. The van der Waals surface area contributed by atoms with Gasteiger partial charge in [0.25, 0.3) is 0 Å². The van der Waals surface area contributed by atoms with Crippen LogP contribution < -0.4 is 5.32 Å². The first-order chi connectivity index (χ1) is 13.4. The summed E-state index contributed by atoms with van der Waals surface area (Å²) in [6.07, 6.45) is 0. The van der Waals surface area contributed by atoms with Crippen LogP contribution in [0.1, 0.15) is 22.6 Å². The Morgan fingerprint density at radius 1 is 1.18 bits per heavy atom. The predicted octanol–water partition coefficient (Wildman–Crippen LogP) is 4.18. The number of hydrogen-bond donors (Lipinski definition) is 1. The van der Waals surface area contributed by atoms with Gasteiger partial charge in [-0.15, -0.1) is 0 Å². The molecule has 0 saturated carbocycles. The third kappa shape index (κ3) is 5.53. The zero-order valence-electron chi connectivity index (χ0n) is 15.7. The van der Waals surface area contributed by atoms with E-state index in [1.807, 2.05) is 43.3 Å². The third-order valence-electron chi connectivity index (χ3n) is 4.15. The zero-order chi connectivity index (χ0) is 20.1. The van der Waals surface area contributed by atoms with Crippen LogP contribution in [0.2, 0.25) is 5.02 Å². The molecular weight excluding hydrogens is 396 g/mol. The lowest BCUT2D eigenvalue weighted by molar-refractivity contribution is -0.118. The Morgan fingerprint density at radius 2 is 1.93 bits per heavy atom. The second kappa shape index (κ2) is 9.17. The van der Waals surface area contributed by atoms with Gasteiger partial charge in [-0.25, -0.2) is 4.98 Å². The van der Waals surface area contributed by atoms with E-state index in [0.717, 1.165) is 16.7 Å². The van der Waals surface area contributed by atoms with E-state index in [4.69, 9.17) is 16.0 Å². The molecule has 0 saturated heterocycles. The first-order valence-electron chi connectivity index (χ1n) is 8.80. The Hall–Kier alpha value is -2.44. The van der Waals surface area contributed by atoms with Crippen molar-refractivity contribution in [2.45, 2.75) is 26.1 Å². The second-order valence-corrected chi connectivity index (χ2v) is 8.42. The smallest absolute Gasteiger partial charge is 0.232 e. The molecule has 2 aromatic carbocycles. The third-order valence-corrected chi connectivity index (χ3v) is 5.58. The van der Waals surface area contributed by atoms with Crippen molar-refractivity contribution in [1.29, 1.82) is 0 Å². The minimum absolute atomic E-state index is 0.0837. The van der Waals surface area contributed by atoms with Crippen molar-refractivity contribution in [3.05, 3.63) is 76.1 Å². The molecule has 1 atom stereocenters. The van der Waals surface area contributed by atoms with Crippen molar-refractivity contribution in [2.24, 2.45) is 0 Å². The van der Waals surface area contributed by atoms with Gasteiger partial charge >= 0.3 is 0 Å². The fourth-order valence-corrected chi connectivity index (χ4v) is 3.86. The molecule has 1 unspecified atom stereocenters. The standard InChI is InChI=1S/C21H21ClN2O3S/c1-14-4-3-5-17(10-14)21-24-19(15(2)27-21)12-28(26)13-20(25)23-11-16-6-8-18(22)9-7-16/h3-10H,11-13H2,1-2H3,(H,23,25). The molecular formula is C21H21ClN2O3S. The minimum Gasteiger partial charge on any atom is -0.441 e. The molecule has 0 radical (unpaired) electrons. The molecule has 1 N–H and O–H groups in total. The van der Waals surface area contributed by atoms with Crippen molar-refractivity contribution < 1.29 is 13.4 Å². The quantitative estimate of drug-likeness (QED) is 0.627. The number of aryl methyl sites for hydroxylation is 2. The van der Waals surface area contributed by atoms with E-state index in [9.17, 15) is 9.00 Å². The van der Waals surface area contributed by atoms with E-state index in [2.05, 4.69) is 10.3 Å². The van der Waals surface area contributed by atoms with Crippen molar-refractivity contribution >= 4 is 28.3 Å². The van der Waals surface area contributed by atoms with Gasteiger partial charge in [0.05, 0.1) is 11.4 Å². The van der Waals surface area contributed by atoms with Gasteiger partial charge in [-0.05, 0) is 43.7 Å². The number of nitrogens with zero attached hydrogens (tertiary/aromatic N) is 1. The van der Waals surface area contributed by atoms with E-state index < -0.39 is 10.8 Å². The summed E-state index contributed by atoms with van der Waals surface area (Å²) < 4.78 is 18.1. The molecule has 0 aliphatic rings. The number of nitrogens with one attached hydrogen (secondary N) is 1. The van der Waals surface area contributed by atoms with Gasteiger partial charge in [0.2, 0.25) is 11.8 Å². The highest BCUT2D eigenvalue weighted by molar-refractivity contribution is 7.84. The number of rotatable bonds is 7. The number of carbonyl (C=O) groups is 1. The predicted molar refractivity (Wildman–Crippen MR) is 111 cm³/mol. The fraction of sp³-hybridized carbons (Fsp3) is 0.238. The molecule has 1 amide bonds. The molecule has 1 heterocycles. The van der Waals surface area contributed by atoms with Gasteiger partial charge in [-0.2, -0.15) is 0 Å². The fourth-order valence-electron chi connectivity index (χ4n) is 2.67. The highest BCUT2D eigenvalue weighted by Crippen LogP contribution is 2.23. The lowest BCUT2D eigenvalue weighted by atomic mass is 10.1. The van der Waals surface area contributed by atoms with Crippen molar-refractivity contribution in [3.63, 3.8) is 0 Å². The zero-order valence-corrected chi connectivity index (χ0v) is 17.3. The van der Waals surface area contributed by atoms with Crippen LogP contribution in [0.3, 0.4) is 0 Å². The van der Waals surface area contributed by atoms with E-state index in [1.54, 1.807) is 19.1 Å². The maximum Gasteiger partial charge on any atom is 0.232 e. The number of hydrogen-bond acceptors (Lipinski definition) is 4. The summed E-state index contributed by atoms with van der Waals surface area (Å²) in [5, 5.41) is 3.41. The lowest BCUT2D eigenvalue weighted by Gasteiger charge is -2.05. The summed E-state index contributed by atoms with van der Waals surface area (Å²) >= 11 is 5.84. The SMILES string of the molecule is Cc1cccc(-c2nc(CS(=O)CC(=O)NCc3ccc(Cl)cc3)c(C)o2)c1. The summed E-state index contributed by atoms with van der Waals surface area (Å²) in [4.78, 5) is 16.5. The van der Waals surface area contributed by atoms with Crippen LogP contribution in [0.5, 0.6) is 0 Å². The highest BCUT2D eigenvalue weighted by Gasteiger charge is 2.16. The van der Waals surface area contributed by atoms with Gasteiger partial charge in [0.1, 0.15) is 11.5 Å². The number of amides is 1. The van der Waals surface area contributed by atoms with Crippen LogP contribution in [0.4, 0.5) is 0 Å². The number of aromatic nitrogens is 1. The van der Waals surface area contributed by atoms with E-state index in [1.165, 1.54) is 0 Å². The molecule has 0 fully saturated rings. The Kier molecular flexibility index (Phi) is 6.65. The Labute approximate surface area is 171 Å². The van der Waals surface area contributed by atoms with Gasteiger partial charge in [-0.1, -0.05) is 41.4 Å². The van der Waals surface area contributed by atoms with Crippen LogP contribution in [0.25, 0.3) is 11.5 Å². The van der Waals surface area contributed by atoms with Crippen molar-refractivity contribution in [3.8, 4) is 11.5 Å². The summed E-state index contributed by atoms with van der Waals surface area (Å²) in [5.41, 5.74) is 3.52. The molecule has 7 heteroatoms. The van der Waals surface area contributed by atoms with Gasteiger partial charge in [0.15, 0.2) is 0 Å². The normalized spacial score (nSPS) is 12.0. The molecule has 0 spiro atoms. The summed E-state index contributed by atoms with van der Waals surface area (Å²) in [6.45, 7) is 4.16. The molecule has 1 aromatic heterocycles. The van der Waals surface area contributed by atoms with Crippen LogP contribution in [-0.4, -0.2) is 20.9 Å². The Balaban J connectivity index is 1.55. The maximum atomic E-state index is 12.4. The number of oxazole rings is 1. The highest BCUT2D eigenvalue weighted by atomic mass is 35.5. The van der Waals surface area contributed by atoms with Crippen molar-refractivity contribution in [1.82, 2.24) is 10.3 Å². The van der Waals surface area contributed by atoms with Crippen LogP contribution in [0, 0.1) is 13.8 Å². The Morgan fingerprint density at radius 3 is 2.64 bits per heavy atom. The molecule has 0 aliphatic heterocycles. The maximum absolute atomic E-state index is 12.4. The average Bonchev–Trinajstić information content (AvgIpc) is 3.01. The monoisotopic (exact) mass is 416 g/mol. The minimum atomic E-state index is -1.38. The number of carbonyl (C=O) groups excluding carboxylic acids is 1. The van der Waals surface area contributed by atoms with Crippen LogP contribution in [0.15, 0.2) is 52.9 Å². The number of halogens is 1. The second-order valence-electron chi connectivity index (χ2n) is 6.52. The molecule has 5 nitrogen and oxygen atoms in total. The molecule has 3 aromatic rings. The van der Waals surface area contributed by atoms with Gasteiger partial charge in [0, 0.05) is 27.9 Å². The van der Waals surface area contributed by atoms with E-state index in [0.29, 0.717) is 28.9 Å². The lowest BCUT2D eigenvalue weighted by Crippen LogP contribution is -2.28. The molecule has 28 heavy (non-hydrogen) atoms. The van der Waals surface area contributed by atoms with Crippen LogP contribution in [-0.2, 0) is 27.9 Å². The Bertz CT molecular complexity index is 999. The summed E-state index contributed by atoms with van der Waals surface area (Å²) in [5.74, 6) is 0.940. The molecule has 0 bridgehead atoms. The van der Waals surface area contributed by atoms with Crippen molar-refractivity contribution in [2.75, 3.05) is 5.75 Å². The first-order valence-corrected chi connectivity index (χ1v) is 10.7. The van der Waals surface area contributed by atoms with E-state index >= 15 is 0 Å². The molecule has 3 rings (SSSR count). The summed E-state index contributed by atoms with van der Waals surface area (Å²) in [7, 11) is -1.38. The first kappa shape index (κ1) is 20.3. The topological polar surface area (TPSA) is 72.2 Å². The van der Waals surface area contributed by atoms with E-state index in [-0.39, 0.29) is 17.4 Å². The summed E-state index contributed by atoms with van der Waals surface area (Å²) in [6, 6.07) is 15.0. The van der Waals surface area contributed by atoms with Crippen LogP contribution >= 0.6 is 11.6 Å².